The van der Waals surface area contributed by atoms with Crippen LogP contribution in [0.5, 0.6) is 0 Å². The highest BCUT2D eigenvalue weighted by Gasteiger charge is 2.12. The minimum absolute atomic E-state index is 0.229. The van der Waals surface area contributed by atoms with E-state index in [4.69, 9.17) is 0 Å². The Labute approximate surface area is 113 Å². The van der Waals surface area contributed by atoms with Gasteiger partial charge in [0.15, 0.2) is 5.69 Å². The van der Waals surface area contributed by atoms with Gasteiger partial charge >= 0.3 is 5.97 Å². The Bertz CT molecular complexity index is 419. The number of carbonyl (C=O) groups excluding carboxylic acids is 1. The summed E-state index contributed by atoms with van der Waals surface area (Å²) in [4.78, 5) is 19.5. The maximum Gasteiger partial charge on any atom is 0.358 e. The van der Waals surface area contributed by atoms with Crippen LogP contribution in [0.15, 0.2) is 12.4 Å². The zero-order chi connectivity index (χ0) is 13.5. The Morgan fingerprint density at radius 2 is 2.47 bits per heavy atom. The van der Waals surface area contributed by atoms with Gasteiger partial charge < -0.3 is 15.4 Å². The van der Waals surface area contributed by atoms with Crippen molar-refractivity contribution >= 4 is 11.8 Å². The van der Waals surface area contributed by atoms with Crippen molar-refractivity contribution in [2.45, 2.75) is 19.3 Å². The van der Waals surface area contributed by atoms with Crippen LogP contribution in [0.2, 0.25) is 0 Å². The molecule has 0 bridgehead atoms. The van der Waals surface area contributed by atoms with Crippen LogP contribution in [0.25, 0.3) is 0 Å². The average molecular weight is 264 g/mol. The molecule has 0 amide bonds. The number of anilines is 1. The number of piperidine rings is 1. The van der Waals surface area contributed by atoms with Crippen LogP contribution < -0.4 is 10.6 Å². The topological polar surface area (TPSA) is 76.1 Å². The number of nitrogens with one attached hydrogen (secondary N) is 2. The molecule has 6 heteroatoms. The molecule has 2 heterocycles. The number of esters is 1. The molecule has 1 unspecified atom stereocenters. The van der Waals surface area contributed by atoms with E-state index in [2.05, 4.69) is 25.3 Å². The molecule has 19 heavy (non-hydrogen) atoms. The molecular formula is C13H20N4O2. The molecule has 1 aromatic heterocycles. The molecular weight excluding hydrogens is 244 g/mol. The predicted molar refractivity (Wildman–Crippen MR) is 72.1 cm³/mol. The van der Waals surface area contributed by atoms with Gasteiger partial charge in [0.2, 0.25) is 0 Å². The maximum absolute atomic E-state index is 11.3. The minimum atomic E-state index is -0.465. The molecule has 1 saturated heterocycles. The smallest absolute Gasteiger partial charge is 0.358 e. The molecule has 104 valence electrons. The Hall–Kier alpha value is -1.69. The lowest BCUT2D eigenvalue weighted by atomic mass is 9.96. The van der Waals surface area contributed by atoms with Gasteiger partial charge in [-0.3, -0.25) is 4.98 Å². The second-order valence-electron chi connectivity index (χ2n) is 4.71. The predicted octanol–water partition coefficient (Wildman–Crippen LogP) is 1.06. The first kappa shape index (κ1) is 13.7. The first-order valence-corrected chi connectivity index (χ1v) is 6.64. The largest absolute Gasteiger partial charge is 0.464 e. The quantitative estimate of drug-likeness (QED) is 0.775. The van der Waals surface area contributed by atoms with Crippen LogP contribution in [0.1, 0.15) is 29.8 Å². The zero-order valence-corrected chi connectivity index (χ0v) is 11.2. The van der Waals surface area contributed by atoms with Crippen molar-refractivity contribution in [2.75, 3.05) is 32.1 Å². The molecule has 6 nitrogen and oxygen atoms in total. The minimum Gasteiger partial charge on any atom is -0.464 e. The fourth-order valence-electron chi connectivity index (χ4n) is 2.23. The summed E-state index contributed by atoms with van der Waals surface area (Å²) in [5, 5.41) is 6.60. The van der Waals surface area contributed by atoms with E-state index in [1.165, 1.54) is 26.1 Å². The molecule has 0 radical (unpaired) electrons. The molecule has 1 atom stereocenters. The van der Waals surface area contributed by atoms with Crippen molar-refractivity contribution in [2.24, 2.45) is 5.92 Å². The molecule has 0 aliphatic carbocycles. The number of carbonyl (C=O) groups is 1. The van der Waals surface area contributed by atoms with Gasteiger partial charge in [0.1, 0.15) is 5.82 Å². The van der Waals surface area contributed by atoms with Gasteiger partial charge in [0.05, 0.1) is 19.5 Å². The van der Waals surface area contributed by atoms with Crippen molar-refractivity contribution in [1.82, 2.24) is 15.3 Å². The van der Waals surface area contributed by atoms with E-state index in [0.717, 1.165) is 32.0 Å². The monoisotopic (exact) mass is 264 g/mol. The summed E-state index contributed by atoms with van der Waals surface area (Å²) in [6.45, 7) is 3.07. The number of rotatable bonds is 5. The van der Waals surface area contributed by atoms with Gasteiger partial charge in [0.25, 0.3) is 0 Å². The number of nitrogens with zero attached hydrogens (tertiary/aromatic N) is 2. The highest BCUT2D eigenvalue weighted by Crippen LogP contribution is 2.14. The third-order valence-corrected chi connectivity index (χ3v) is 3.29. The lowest BCUT2D eigenvalue weighted by Crippen LogP contribution is -2.30. The Morgan fingerprint density at radius 1 is 1.58 bits per heavy atom. The van der Waals surface area contributed by atoms with Gasteiger partial charge in [0, 0.05) is 6.54 Å². The van der Waals surface area contributed by atoms with E-state index in [1.807, 2.05) is 0 Å². The molecule has 1 aliphatic rings. The maximum atomic E-state index is 11.3. The van der Waals surface area contributed by atoms with Crippen LogP contribution in [0.3, 0.4) is 0 Å². The second kappa shape index (κ2) is 7.04. The van der Waals surface area contributed by atoms with Gasteiger partial charge in [-0.15, -0.1) is 0 Å². The van der Waals surface area contributed by atoms with Crippen LogP contribution in [0.4, 0.5) is 5.82 Å². The number of hydrogen-bond donors (Lipinski definition) is 2. The van der Waals surface area contributed by atoms with Crippen molar-refractivity contribution in [3.05, 3.63) is 18.1 Å². The molecule has 1 aliphatic heterocycles. The van der Waals surface area contributed by atoms with E-state index in [9.17, 15) is 4.79 Å². The van der Waals surface area contributed by atoms with E-state index in [0.29, 0.717) is 5.82 Å². The lowest BCUT2D eigenvalue weighted by Gasteiger charge is -2.22. The molecule has 0 saturated carbocycles. The zero-order valence-electron chi connectivity index (χ0n) is 11.2. The summed E-state index contributed by atoms with van der Waals surface area (Å²) in [6.07, 6.45) is 6.65. The summed E-state index contributed by atoms with van der Waals surface area (Å²) in [6, 6.07) is 0. The summed E-state index contributed by atoms with van der Waals surface area (Å²) in [5.74, 6) is 0.872. The van der Waals surface area contributed by atoms with Gasteiger partial charge in [-0.05, 0) is 38.3 Å². The van der Waals surface area contributed by atoms with Crippen LogP contribution in [0, 0.1) is 5.92 Å². The highest BCUT2D eigenvalue weighted by molar-refractivity contribution is 5.87. The summed E-state index contributed by atoms with van der Waals surface area (Å²) in [5.41, 5.74) is 0.229. The summed E-state index contributed by atoms with van der Waals surface area (Å²) < 4.78 is 4.61. The molecule has 2 rings (SSSR count). The van der Waals surface area contributed by atoms with Crippen LogP contribution in [-0.4, -0.2) is 42.7 Å². The van der Waals surface area contributed by atoms with Crippen molar-refractivity contribution < 1.29 is 9.53 Å². The van der Waals surface area contributed by atoms with Gasteiger partial charge in [-0.2, -0.15) is 0 Å². The van der Waals surface area contributed by atoms with Crippen LogP contribution in [-0.2, 0) is 4.74 Å². The molecule has 1 fully saturated rings. The molecule has 0 spiro atoms. The van der Waals surface area contributed by atoms with E-state index in [-0.39, 0.29) is 5.69 Å². The van der Waals surface area contributed by atoms with E-state index in [1.54, 1.807) is 6.20 Å². The van der Waals surface area contributed by atoms with E-state index >= 15 is 0 Å². The molecule has 1 aromatic rings. The van der Waals surface area contributed by atoms with E-state index < -0.39 is 5.97 Å². The number of ether oxygens (including phenoxy) is 1. The summed E-state index contributed by atoms with van der Waals surface area (Å²) in [7, 11) is 1.33. The second-order valence-corrected chi connectivity index (χ2v) is 4.71. The Balaban J connectivity index is 1.80. The SMILES string of the molecule is COC(=O)c1cncc(NCCC2CCCNC2)n1. The standard InChI is InChI=1S/C13H20N4O2/c1-19-13(18)11-8-15-9-12(17-11)16-6-4-10-3-2-5-14-7-10/h8-10,14H,2-7H2,1H3,(H,16,17). The van der Waals surface area contributed by atoms with Crippen molar-refractivity contribution in [3.8, 4) is 0 Å². The number of hydrogen-bond acceptors (Lipinski definition) is 6. The third-order valence-electron chi connectivity index (χ3n) is 3.29. The van der Waals surface area contributed by atoms with Crippen LogP contribution >= 0.6 is 0 Å². The molecule has 2 N–H and O–H groups in total. The number of aromatic nitrogens is 2. The number of methoxy groups -OCH3 is 1. The Morgan fingerprint density at radius 3 is 3.21 bits per heavy atom. The average Bonchev–Trinajstić information content (AvgIpc) is 2.48. The fraction of sp³-hybridized carbons (Fsp3) is 0.615. The highest BCUT2D eigenvalue weighted by atomic mass is 16.5. The Kier molecular flexibility index (Phi) is 5.09. The van der Waals surface area contributed by atoms with Crippen molar-refractivity contribution in [1.29, 1.82) is 0 Å². The van der Waals surface area contributed by atoms with Crippen molar-refractivity contribution in [3.63, 3.8) is 0 Å². The third kappa shape index (κ3) is 4.17. The molecule has 0 aromatic carbocycles. The fourth-order valence-corrected chi connectivity index (χ4v) is 2.23. The first-order chi connectivity index (χ1) is 9.29. The normalized spacial score (nSPS) is 18.9. The van der Waals surface area contributed by atoms with Gasteiger partial charge in [-0.25, -0.2) is 9.78 Å². The lowest BCUT2D eigenvalue weighted by molar-refractivity contribution is 0.0593. The first-order valence-electron chi connectivity index (χ1n) is 6.64. The summed E-state index contributed by atoms with van der Waals surface area (Å²) >= 11 is 0. The van der Waals surface area contributed by atoms with Gasteiger partial charge in [-0.1, -0.05) is 0 Å².